The van der Waals surface area contributed by atoms with Gasteiger partial charge in [0.1, 0.15) is 11.7 Å². The third-order valence-electron chi connectivity index (χ3n) is 4.18. The average Bonchev–Trinajstić information content (AvgIpc) is 2.76. The lowest BCUT2D eigenvalue weighted by molar-refractivity contribution is -0.152. The second kappa shape index (κ2) is 8.25. The van der Waals surface area contributed by atoms with Gasteiger partial charge < -0.3 is 13.9 Å². The van der Waals surface area contributed by atoms with Crippen LogP contribution in [0.2, 0.25) is 19.6 Å². The summed E-state index contributed by atoms with van der Waals surface area (Å²) >= 11 is 0. The highest BCUT2D eigenvalue weighted by atomic mass is 28.4. The third kappa shape index (κ3) is 6.94. The molecule has 1 aliphatic rings. The van der Waals surface area contributed by atoms with Gasteiger partial charge in [-0.25, -0.2) is 9.59 Å². The van der Waals surface area contributed by atoms with Crippen LogP contribution in [0.4, 0.5) is 10.5 Å². The number of anilines is 1. The molecule has 2 atom stereocenters. The quantitative estimate of drug-likeness (QED) is 0.537. The van der Waals surface area contributed by atoms with Crippen LogP contribution in [0.25, 0.3) is 0 Å². The van der Waals surface area contributed by atoms with Crippen LogP contribution in [-0.2, 0) is 25.1 Å². The van der Waals surface area contributed by atoms with Gasteiger partial charge in [0.15, 0.2) is 13.9 Å². The molecule has 28 heavy (non-hydrogen) atoms. The molecule has 1 heterocycles. The van der Waals surface area contributed by atoms with E-state index in [1.165, 1.54) is 0 Å². The van der Waals surface area contributed by atoms with Gasteiger partial charge in [0.05, 0.1) is 0 Å². The molecule has 1 aliphatic heterocycles. The van der Waals surface area contributed by atoms with Crippen molar-refractivity contribution in [1.29, 1.82) is 0 Å². The van der Waals surface area contributed by atoms with Crippen LogP contribution in [0.1, 0.15) is 46.1 Å². The van der Waals surface area contributed by atoms with E-state index >= 15 is 0 Å². The molecule has 1 amide bonds. The highest BCUT2D eigenvalue weighted by molar-refractivity contribution is 6.70. The predicted molar refractivity (Wildman–Crippen MR) is 112 cm³/mol. The zero-order valence-electron chi connectivity index (χ0n) is 18.0. The summed E-state index contributed by atoms with van der Waals surface area (Å²) in [5.74, 6) is -0.264. The molecule has 0 bridgehead atoms. The van der Waals surface area contributed by atoms with Gasteiger partial charge >= 0.3 is 12.1 Å². The summed E-state index contributed by atoms with van der Waals surface area (Å²) < 4.78 is 16.9. The maximum atomic E-state index is 12.3. The number of carbonyl (C=O) groups excluding carboxylic acids is 2. The van der Waals surface area contributed by atoms with E-state index in [1.54, 1.807) is 0 Å². The minimum absolute atomic E-state index is 0.156. The van der Waals surface area contributed by atoms with E-state index in [-0.39, 0.29) is 12.1 Å². The maximum Gasteiger partial charge on any atom is 0.412 e. The lowest BCUT2D eigenvalue weighted by atomic mass is 9.98. The Morgan fingerprint density at radius 3 is 2.61 bits per heavy atom. The van der Waals surface area contributed by atoms with Crippen molar-refractivity contribution in [3.05, 3.63) is 29.8 Å². The highest BCUT2D eigenvalue weighted by Gasteiger charge is 2.48. The van der Waals surface area contributed by atoms with E-state index in [0.29, 0.717) is 18.5 Å². The Kier molecular flexibility index (Phi) is 6.61. The van der Waals surface area contributed by atoms with Crippen molar-refractivity contribution in [3.8, 4) is 0 Å². The molecule has 6 nitrogen and oxygen atoms in total. The van der Waals surface area contributed by atoms with E-state index < -0.39 is 25.6 Å². The first kappa shape index (κ1) is 22.4. The molecule has 0 unspecified atom stereocenters. The summed E-state index contributed by atoms with van der Waals surface area (Å²) in [5.41, 5.74) is 0.361. The fourth-order valence-electron chi connectivity index (χ4n) is 3.31. The lowest BCUT2D eigenvalue weighted by Crippen LogP contribution is -2.43. The van der Waals surface area contributed by atoms with Crippen molar-refractivity contribution >= 4 is 26.1 Å². The van der Waals surface area contributed by atoms with Crippen LogP contribution in [0.3, 0.4) is 0 Å². The first-order valence-corrected chi connectivity index (χ1v) is 13.2. The molecule has 7 heteroatoms. The monoisotopic (exact) mass is 407 g/mol. The molecular weight excluding hydrogens is 374 g/mol. The second-order valence-electron chi connectivity index (χ2n) is 9.54. The Hall–Kier alpha value is -1.86. The fraction of sp³-hybridized carbons (Fsp3) is 0.619. The molecule has 2 rings (SSSR count). The largest absolute Gasteiger partial charge is 0.460 e. The highest BCUT2D eigenvalue weighted by Crippen LogP contribution is 2.33. The van der Waals surface area contributed by atoms with Crippen LogP contribution < -0.4 is 5.32 Å². The average molecular weight is 408 g/mol. The number of esters is 1. The van der Waals surface area contributed by atoms with Crippen molar-refractivity contribution < 1.29 is 23.5 Å². The fourth-order valence-corrected chi connectivity index (χ4v) is 4.83. The minimum atomic E-state index is -1.85. The molecular formula is C21H33NO5Si. The lowest BCUT2D eigenvalue weighted by Gasteiger charge is -2.29. The van der Waals surface area contributed by atoms with Gasteiger partial charge in [0, 0.05) is 12.1 Å². The van der Waals surface area contributed by atoms with Gasteiger partial charge in [0.25, 0.3) is 0 Å². The minimum Gasteiger partial charge on any atom is -0.460 e. The summed E-state index contributed by atoms with van der Waals surface area (Å²) in [5, 5.41) is 2.75. The van der Waals surface area contributed by atoms with E-state index in [4.69, 9.17) is 13.9 Å². The second-order valence-corrected chi connectivity index (χ2v) is 14.0. The van der Waals surface area contributed by atoms with Gasteiger partial charge in [-0.05, 0) is 77.9 Å². The van der Waals surface area contributed by atoms with E-state index in [9.17, 15) is 9.59 Å². The van der Waals surface area contributed by atoms with Crippen molar-refractivity contribution in [2.75, 3.05) is 5.32 Å². The third-order valence-corrected chi connectivity index (χ3v) is 5.24. The van der Waals surface area contributed by atoms with Crippen LogP contribution in [0.5, 0.6) is 0 Å². The number of amides is 1. The van der Waals surface area contributed by atoms with Crippen LogP contribution in [0.15, 0.2) is 24.3 Å². The number of aryl methyl sites for hydroxylation is 1. The summed E-state index contributed by atoms with van der Waals surface area (Å²) in [6, 6.07) is 7.62. The van der Waals surface area contributed by atoms with E-state index in [0.717, 1.165) is 12.0 Å². The maximum absolute atomic E-state index is 12.3. The van der Waals surface area contributed by atoms with Gasteiger partial charge in [-0.1, -0.05) is 12.1 Å². The molecule has 1 saturated heterocycles. The molecule has 0 radical (unpaired) electrons. The standard InChI is InChI=1S/C21H33NO5Si/c1-20(2,3)26-19(24)22-16-10-8-9-15(13-16)11-12-17-14-21(4,18(23)25-17)27-28(5,6)7/h8-10,13,17H,11-12,14H2,1-7H3,(H,22,24)/t17-,21-/m0/s1. The summed E-state index contributed by atoms with van der Waals surface area (Å²) in [7, 11) is -1.85. The van der Waals surface area contributed by atoms with E-state index in [1.807, 2.05) is 52.0 Å². The molecule has 1 aromatic rings. The molecule has 0 aromatic heterocycles. The molecule has 1 aromatic carbocycles. The Labute approximate surface area is 169 Å². The van der Waals surface area contributed by atoms with Gasteiger partial charge in [-0.3, -0.25) is 5.32 Å². The number of cyclic esters (lactones) is 1. The Bertz CT molecular complexity index is 722. The zero-order chi connectivity index (χ0) is 21.2. The van der Waals surface area contributed by atoms with Crippen LogP contribution >= 0.6 is 0 Å². The normalized spacial score (nSPS) is 22.7. The number of nitrogens with one attached hydrogen (secondary N) is 1. The van der Waals surface area contributed by atoms with Crippen LogP contribution in [0, 0.1) is 0 Å². The van der Waals surface area contributed by atoms with Crippen LogP contribution in [-0.4, -0.2) is 37.7 Å². The zero-order valence-corrected chi connectivity index (χ0v) is 19.0. The molecule has 1 fully saturated rings. The van der Waals surface area contributed by atoms with Crippen molar-refractivity contribution in [1.82, 2.24) is 0 Å². The van der Waals surface area contributed by atoms with Gasteiger partial charge in [-0.2, -0.15) is 0 Å². The predicted octanol–water partition coefficient (Wildman–Crippen LogP) is 4.89. The number of hydrogen-bond acceptors (Lipinski definition) is 5. The SMILES string of the molecule is CC(C)(C)OC(=O)Nc1cccc(CC[C@H]2C[C@](C)(O[Si](C)(C)C)C(=O)O2)c1. The Balaban J connectivity index is 1.92. The number of ether oxygens (including phenoxy) is 2. The summed E-state index contributed by atoms with van der Waals surface area (Å²) in [6.45, 7) is 13.5. The van der Waals surface area contributed by atoms with Crippen molar-refractivity contribution in [2.45, 2.75) is 83.9 Å². The summed E-state index contributed by atoms with van der Waals surface area (Å²) in [4.78, 5) is 24.2. The number of carbonyl (C=O) groups is 2. The smallest absolute Gasteiger partial charge is 0.412 e. The Morgan fingerprint density at radius 2 is 2.00 bits per heavy atom. The first-order chi connectivity index (χ1) is 12.8. The first-order valence-electron chi connectivity index (χ1n) is 9.76. The Morgan fingerprint density at radius 1 is 1.32 bits per heavy atom. The van der Waals surface area contributed by atoms with Gasteiger partial charge in [0.2, 0.25) is 0 Å². The topological polar surface area (TPSA) is 73.9 Å². The summed E-state index contributed by atoms with van der Waals surface area (Å²) in [6.07, 6.45) is 1.40. The van der Waals surface area contributed by atoms with Gasteiger partial charge in [-0.15, -0.1) is 0 Å². The number of hydrogen-bond donors (Lipinski definition) is 1. The number of benzene rings is 1. The molecule has 1 N–H and O–H groups in total. The molecule has 0 spiro atoms. The van der Waals surface area contributed by atoms with E-state index in [2.05, 4.69) is 25.0 Å². The van der Waals surface area contributed by atoms with Crippen molar-refractivity contribution in [3.63, 3.8) is 0 Å². The number of rotatable bonds is 6. The molecule has 0 saturated carbocycles. The molecule has 156 valence electrons. The molecule has 0 aliphatic carbocycles. The van der Waals surface area contributed by atoms with Crippen molar-refractivity contribution in [2.24, 2.45) is 0 Å².